The topological polar surface area (TPSA) is 75.4 Å². The predicted molar refractivity (Wildman–Crippen MR) is 64.3 cm³/mol. The smallest absolute Gasteiger partial charge is 0.246 e. The van der Waals surface area contributed by atoms with Crippen molar-refractivity contribution >= 4 is 10.0 Å². The summed E-state index contributed by atoms with van der Waals surface area (Å²) in [5, 5.41) is 12.9. The Kier molecular flexibility index (Phi) is 4.29. The first-order valence-corrected chi connectivity index (χ1v) is 6.87. The van der Waals surface area contributed by atoms with Crippen molar-refractivity contribution in [1.82, 2.24) is 14.1 Å². The summed E-state index contributed by atoms with van der Waals surface area (Å²) in [5.41, 5.74) is 0.475. The molecule has 1 aromatic rings. The van der Waals surface area contributed by atoms with Crippen LogP contribution in [0.4, 0.5) is 0 Å². The third-order valence-corrected chi connectivity index (χ3v) is 4.46. The van der Waals surface area contributed by atoms with Crippen molar-refractivity contribution in [2.45, 2.75) is 31.7 Å². The first-order valence-electron chi connectivity index (χ1n) is 5.43. The van der Waals surface area contributed by atoms with E-state index in [0.717, 1.165) is 4.31 Å². The monoisotopic (exact) mass is 261 g/mol. The highest BCUT2D eigenvalue weighted by Gasteiger charge is 2.25. The molecule has 0 spiro atoms. The Morgan fingerprint density at radius 3 is 2.53 bits per heavy atom. The molecule has 7 heteroatoms. The minimum Gasteiger partial charge on any atom is -0.395 e. The molecular formula is C10H19N3O3S. The normalized spacial score (nSPS) is 12.6. The van der Waals surface area contributed by atoms with Crippen LogP contribution in [0.25, 0.3) is 0 Å². The highest BCUT2D eigenvalue weighted by molar-refractivity contribution is 7.89. The van der Waals surface area contributed by atoms with E-state index in [1.165, 1.54) is 13.2 Å². The van der Waals surface area contributed by atoms with E-state index in [9.17, 15) is 8.42 Å². The van der Waals surface area contributed by atoms with Crippen LogP contribution in [0.5, 0.6) is 0 Å². The molecule has 1 N–H and O–H groups in total. The predicted octanol–water partition coefficient (Wildman–Crippen LogP) is 0.385. The molecule has 0 saturated heterocycles. The van der Waals surface area contributed by atoms with Crippen molar-refractivity contribution in [2.24, 2.45) is 0 Å². The molecule has 0 aliphatic heterocycles. The highest BCUT2D eigenvalue weighted by Crippen LogP contribution is 2.19. The lowest BCUT2D eigenvalue weighted by Gasteiger charge is -2.14. The molecule has 17 heavy (non-hydrogen) atoms. The number of nitrogens with zero attached hydrogens (tertiary/aromatic N) is 3. The molecule has 0 saturated carbocycles. The van der Waals surface area contributed by atoms with Crippen LogP contribution in [0.15, 0.2) is 11.1 Å². The number of aryl methyl sites for hydroxylation is 1. The van der Waals surface area contributed by atoms with Gasteiger partial charge in [0.1, 0.15) is 4.90 Å². The van der Waals surface area contributed by atoms with E-state index in [4.69, 9.17) is 5.11 Å². The lowest BCUT2D eigenvalue weighted by Crippen LogP contribution is -2.29. The summed E-state index contributed by atoms with van der Waals surface area (Å²) in [4.78, 5) is 0.196. The van der Waals surface area contributed by atoms with E-state index < -0.39 is 10.0 Å². The van der Waals surface area contributed by atoms with Crippen LogP contribution < -0.4 is 0 Å². The van der Waals surface area contributed by atoms with Crippen molar-refractivity contribution in [2.75, 3.05) is 20.2 Å². The van der Waals surface area contributed by atoms with Crippen molar-refractivity contribution in [3.05, 3.63) is 11.9 Å². The molecule has 0 fully saturated rings. The third kappa shape index (κ3) is 2.85. The fourth-order valence-electron chi connectivity index (χ4n) is 1.41. The van der Waals surface area contributed by atoms with E-state index >= 15 is 0 Å². The molecule has 0 bridgehead atoms. The molecule has 0 aliphatic carbocycles. The maximum absolute atomic E-state index is 12.1. The van der Waals surface area contributed by atoms with Gasteiger partial charge in [-0.15, -0.1) is 0 Å². The number of aromatic nitrogens is 2. The minimum atomic E-state index is -3.55. The molecule has 1 rings (SSSR count). The summed E-state index contributed by atoms with van der Waals surface area (Å²) in [7, 11) is -2.11. The summed E-state index contributed by atoms with van der Waals surface area (Å²) < 4.78 is 27.0. The number of rotatable bonds is 5. The van der Waals surface area contributed by atoms with E-state index in [2.05, 4.69) is 5.10 Å². The van der Waals surface area contributed by atoms with Gasteiger partial charge in [0.15, 0.2) is 0 Å². The zero-order chi connectivity index (χ0) is 13.2. The van der Waals surface area contributed by atoms with Gasteiger partial charge in [0.2, 0.25) is 10.0 Å². The molecule has 0 unspecified atom stereocenters. The molecule has 1 heterocycles. The van der Waals surface area contributed by atoms with Crippen molar-refractivity contribution in [3.8, 4) is 0 Å². The molecular weight excluding hydrogens is 242 g/mol. The third-order valence-electron chi connectivity index (χ3n) is 2.50. The van der Waals surface area contributed by atoms with Crippen LogP contribution in [0.1, 0.15) is 25.6 Å². The fourth-order valence-corrected chi connectivity index (χ4v) is 2.72. The molecule has 0 amide bonds. The number of hydrogen-bond donors (Lipinski definition) is 1. The average Bonchev–Trinajstić information content (AvgIpc) is 2.61. The van der Waals surface area contributed by atoms with Gasteiger partial charge in [0.05, 0.1) is 12.3 Å². The molecule has 98 valence electrons. The zero-order valence-electron chi connectivity index (χ0n) is 10.6. The Labute approximate surface area is 102 Å². The van der Waals surface area contributed by atoms with Gasteiger partial charge < -0.3 is 5.11 Å². The fraction of sp³-hybridized carbons (Fsp3) is 0.700. The van der Waals surface area contributed by atoms with E-state index in [-0.39, 0.29) is 24.1 Å². The maximum atomic E-state index is 12.1. The second kappa shape index (κ2) is 5.16. The zero-order valence-corrected chi connectivity index (χ0v) is 11.4. The van der Waals surface area contributed by atoms with Gasteiger partial charge in [-0.2, -0.15) is 9.40 Å². The SMILES string of the molecule is Cc1nn(C(C)C)cc1S(=O)(=O)N(C)CCO. The standard InChI is InChI=1S/C10H19N3O3S/c1-8(2)13-7-10(9(3)11-13)17(15,16)12(4)5-6-14/h7-8,14H,5-6H2,1-4H3. The number of sulfonamides is 1. The Bertz CT molecular complexity index is 479. The Morgan fingerprint density at radius 2 is 2.12 bits per heavy atom. The van der Waals surface area contributed by atoms with Crippen LogP contribution in [0, 0.1) is 6.92 Å². The second-order valence-electron chi connectivity index (χ2n) is 4.20. The van der Waals surface area contributed by atoms with Gasteiger partial charge in [0, 0.05) is 25.8 Å². The van der Waals surface area contributed by atoms with E-state index in [0.29, 0.717) is 5.69 Å². The number of aliphatic hydroxyl groups excluding tert-OH is 1. The lowest BCUT2D eigenvalue weighted by molar-refractivity contribution is 0.266. The van der Waals surface area contributed by atoms with Crippen LogP contribution >= 0.6 is 0 Å². The lowest BCUT2D eigenvalue weighted by atomic mass is 10.4. The van der Waals surface area contributed by atoms with Crippen molar-refractivity contribution in [1.29, 1.82) is 0 Å². The van der Waals surface area contributed by atoms with Gasteiger partial charge in [0.25, 0.3) is 0 Å². The summed E-state index contributed by atoms with van der Waals surface area (Å²) in [6, 6.07) is 0.112. The van der Waals surface area contributed by atoms with Gasteiger partial charge in [-0.25, -0.2) is 8.42 Å². The summed E-state index contributed by atoms with van der Waals surface area (Å²) >= 11 is 0. The van der Waals surface area contributed by atoms with Crippen molar-refractivity contribution in [3.63, 3.8) is 0 Å². The van der Waals surface area contributed by atoms with Crippen LogP contribution in [-0.2, 0) is 10.0 Å². The van der Waals surface area contributed by atoms with Gasteiger partial charge >= 0.3 is 0 Å². The Hall–Kier alpha value is -0.920. The van der Waals surface area contributed by atoms with Crippen LogP contribution in [0.3, 0.4) is 0 Å². The van der Waals surface area contributed by atoms with Gasteiger partial charge in [-0.1, -0.05) is 0 Å². The molecule has 6 nitrogen and oxygen atoms in total. The quantitative estimate of drug-likeness (QED) is 0.831. The summed E-state index contributed by atoms with van der Waals surface area (Å²) in [5.74, 6) is 0. The highest BCUT2D eigenvalue weighted by atomic mass is 32.2. The van der Waals surface area contributed by atoms with Crippen LogP contribution in [0.2, 0.25) is 0 Å². The molecule has 0 aromatic carbocycles. The second-order valence-corrected chi connectivity index (χ2v) is 6.22. The maximum Gasteiger partial charge on any atom is 0.246 e. The number of hydrogen-bond acceptors (Lipinski definition) is 4. The van der Waals surface area contributed by atoms with Gasteiger partial charge in [-0.05, 0) is 20.8 Å². The Balaban J connectivity index is 3.15. The largest absolute Gasteiger partial charge is 0.395 e. The first-order chi connectivity index (χ1) is 7.80. The van der Waals surface area contributed by atoms with Gasteiger partial charge in [-0.3, -0.25) is 4.68 Å². The minimum absolute atomic E-state index is 0.0780. The molecule has 0 radical (unpaired) electrons. The molecule has 0 aliphatic rings. The van der Waals surface area contributed by atoms with Crippen LogP contribution in [-0.4, -0.2) is 47.8 Å². The Morgan fingerprint density at radius 1 is 1.53 bits per heavy atom. The number of likely N-dealkylation sites (N-methyl/N-ethyl adjacent to an activating group) is 1. The van der Waals surface area contributed by atoms with E-state index in [1.54, 1.807) is 11.6 Å². The summed E-state index contributed by atoms with van der Waals surface area (Å²) in [6.45, 7) is 5.40. The van der Waals surface area contributed by atoms with E-state index in [1.807, 2.05) is 13.8 Å². The van der Waals surface area contributed by atoms with Crippen molar-refractivity contribution < 1.29 is 13.5 Å². The summed E-state index contributed by atoms with van der Waals surface area (Å²) in [6.07, 6.45) is 1.53. The molecule has 1 aromatic heterocycles. The molecule has 0 atom stereocenters. The number of aliphatic hydroxyl groups is 1. The first kappa shape index (κ1) is 14.1. The average molecular weight is 261 g/mol.